The Labute approximate surface area is 138 Å². The Kier molecular flexibility index (Phi) is 7.31. The minimum absolute atomic E-state index is 0.362. The zero-order chi connectivity index (χ0) is 15.1. The molecule has 1 heterocycles. The molecular formula is C17H26Cl2N2. The highest BCUT2D eigenvalue weighted by Gasteiger charge is 2.12. The van der Waals surface area contributed by atoms with Crippen LogP contribution in [0, 0.1) is 0 Å². The number of rotatable bonds is 7. The second-order valence-corrected chi connectivity index (χ2v) is 6.66. The zero-order valence-electron chi connectivity index (χ0n) is 12.9. The van der Waals surface area contributed by atoms with Crippen molar-refractivity contribution in [1.82, 2.24) is 10.2 Å². The lowest BCUT2D eigenvalue weighted by atomic mass is 10.0. The summed E-state index contributed by atoms with van der Waals surface area (Å²) in [7, 11) is 0. The first-order valence-corrected chi connectivity index (χ1v) is 8.87. The molecule has 0 radical (unpaired) electrons. The van der Waals surface area contributed by atoms with Gasteiger partial charge in [-0.1, -0.05) is 42.6 Å². The third-order valence-corrected chi connectivity index (χ3v) is 4.98. The van der Waals surface area contributed by atoms with Crippen LogP contribution in [-0.4, -0.2) is 31.1 Å². The van der Waals surface area contributed by atoms with Crippen molar-refractivity contribution in [2.75, 3.05) is 26.2 Å². The average Bonchev–Trinajstić information content (AvgIpc) is 2.51. The molecule has 2 nitrogen and oxygen atoms in total. The van der Waals surface area contributed by atoms with Crippen LogP contribution in [0.3, 0.4) is 0 Å². The van der Waals surface area contributed by atoms with Gasteiger partial charge >= 0.3 is 0 Å². The molecule has 21 heavy (non-hydrogen) atoms. The Morgan fingerprint density at radius 1 is 1.14 bits per heavy atom. The number of nitrogens with one attached hydrogen (secondary N) is 1. The Balaban J connectivity index is 1.75. The van der Waals surface area contributed by atoms with E-state index in [9.17, 15) is 0 Å². The van der Waals surface area contributed by atoms with Crippen molar-refractivity contribution in [3.8, 4) is 0 Å². The molecule has 1 N–H and O–H groups in total. The number of hydrogen-bond acceptors (Lipinski definition) is 2. The first-order chi connectivity index (χ1) is 10.2. The van der Waals surface area contributed by atoms with Gasteiger partial charge in [0.2, 0.25) is 0 Å². The molecule has 2 rings (SSSR count). The number of nitrogens with zero attached hydrogens (tertiary/aromatic N) is 1. The summed E-state index contributed by atoms with van der Waals surface area (Å²) in [6.07, 6.45) is 6.41. The topological polar surface area (TPSA) is 15.3 Å². The van der Waals surface area contributed by atoms with Gasteiger partial charge in [0.15, 0.2) is 0 Å². The van der Waals surface area contributed by atoms with Crippen LogP contribution < -0.4 is 5.32 Å². The van der Waals surface area contributed by atoms with E-state index in [1.54, 1.807) is 0 Å². The van der Waals surface area contributed by atoms with Crippen molar-refractivity contribution in [1.29, 1.82) is 0 Å². The maximum absolute atomic E-state index is 6.11. The smallest absolute Gasteiger partial charge is 0.0595 e. The number of piperidine rings is 1. The lowest BCUT2D eigenvalue weighted by molar-refractivity contribution is 0.224. The highest BCUT2D eigenvalue weighted by molar-refractivity contribution is 6.42. The molecular weight excluding hydrogens is 303 g/mol. The summed E-state index contributed by atoms with van der Waals surface area (Å²) in [5.41, 5.74) is 1.23. The van der Waals surface area contributed by atoms with Gasteiger partial charge in [-0.2, -0.15) is 0 Å². The molecule has 1 unspecified atom stereocenters. The maximum Gasteiger partial charge on any atom is 0.0595 e. The molecule has 0 aliphatic carbocycles. The van der Waals surface area contributed by atoms with Crippen molar-refractivity contribution in [3.05, 3.63) is 33.8 Å². The van der Waals surface area contributed by atoms with E-state index in [4.69, 9.17) is 23.2 Å². The highest BCUT2D eigenvalue weighted by Crippen LogP contribution is 2.26. The molecule has 0 amide bonds. The normalized spacial score (nSPS) is 17.9. The molecule has 118 valence electrons. The van der Waals surface area contributed by atoms with Gasteiger partial charge in [0, 0.05) is 6.04 Å². The Hall–Kier alpha value is -0.280. The maximum atomic E-state index is 6.11. The van der Waals surface area contributed by atoms with E-state index in [0.717, 1.165) is 13.0 Å². The van der Waals surface area contributed by atoms with Crippen LogP contribution in [-0.2, 0) is 0 Å². The van der Waals surface area contributed by atoms with Crippen molar-refractivity contribution in [2.45, 2.75) is 45.1 Å². The van der Waals surface area contributed by atoms with E-state index >= 15 is 0 Å². The monoisotopic (exact) mass is 328 g/mol. The average molecular weight is 329 g/mol. The largest absolute Gasteiger partial charge is 0.310 e. The summed E-state index contributed by atoms with van der Waals surface area (Å²) in [5, 5.41) is 4.91. The van der Waals surface area contributed by atoms with Crippen molar-refractivity contribution >= 4 is 23.2 Å². The van der Waals surface area contributed by atoms with Crippen LogP contribution in [0.1, 0.15) is 50.6 Å². The summed E-state index contributed by atoms with van der Waals surface area (Å²) >= 11 is 12.1. The van der Waals surface area contributed by atoms with Crippen molar-refractivity contribution in [3.63, 3.8) is 0 Å². The summed E-state index contributed by atoms with van der Waals surface area (Å²) < 4.78 is 0. The molecule has 0 saturated carbocycles. The van der Waals surface area contributed by atoms with Gasteiger partial charge in [-0.15, -0.1) is 0 Å². The van der Waals surface area contributed by atoms with Gasteiger partial charge in [-0.3, -0.25) is 0 Å². The van der Waals surface area contributed by atoms with Crippen LogP contribution in [0.25, 0.3) is 0 Å². The molecule has 1 saturated heterocycles. The SMILES string of the molecule is CCC(NCCCN1CCCCC1)c1ccc(Cl)c(Cl)c1. The minimum atomic E-state index is 0.362. The Morgan fingerprint density at radius 3 is 2.57 bits per heavy atom. The van der Waals surface area contributed by atoms with Crippen LogP contribution in [0.5, 0.6) is 0 Å². The van der Waals surface area contributed by atoms with E-state index in [0.29, 0.717) is 16.1 Å². The van der Waals surface area contributed by atoms with E-state index in [1.165, 1.54) is 50.9 Å². The van der Waals surface area contributed by atoms with Crippen LogP contribution in [0.4, 0.5) is 0 Å². The Bertz CT molecular complexity index is 431. The number of hydrogen-bond donors (Lipinski definition) is 1. The molecule has 1 atom stereocenters. The van der Waals surface area contributed by atoms with Crippen LogP contribution in [0.15, 0.2) is 18.2 Å². The lowest BCUT2D eigenvalue weighted by Crippen LogP contribution is -2.32. The van der Waals surface area contributed by atoms with E-state index in [-0.39, 0.29) is 0 Å². The fraction of sp³-hybridized carbons (Fsp3) is 0.647. The fourth-order valence-corrected chi connectivity index (χ4v) is 3.30. The highest BCUT2D eigenvalue weighted by atomic mass is 35.5. The third-order valence-electron chi connectivity index (χ3n) is 4.24. The molecule has 1 aromatic rings. The van der Waals surface area contributed by atoms with Crippen LogP contribution >= 0.6 is 23.2 Å². The van der Waals surface area contributed by atoms with Gasteiger partial charge in [-0.05, 0) is 69.6 Å². The zero-order valence-corrected chi connectivity index (χ0v) is 14.4. The number of likely N-dealkylation sites (tertiary alicyclic amines) is 1. The number of halogens is 2. The predicted octanol–water partition coefficient (Wildman–Crippen LogP) is 4.91. The quantitative estimate of drug-likeness (QED) is 0.715. The summed E-state index contributed by atoms with van der Waals surface area (Å²) in [5.74, 6) is 0. The molecule has 4 heteroatoms. The molecule has 0 spiro atoms. The Morgan fingerprint density at radius 2 is 1.90 bits per heavy atom. The van der Waals surface area contributed by atoms with Gasteiger partial charge in [-0.25, -0.2) is 0 Å². The van der Waals surface area contributed by atoms with E-state index in [1.807, 2.05) is 12.1 Å². The molecule has 0 bridgehead atoms. The van der Waals surface area contributed by atoms with Crippen molar-refractivity contribution in [2.24, 2.45) is 0 Å². The lowest BCUT2D eigenvalue weighted by Gasteiger charge is -2.26. The summed E-state index contributed by atoms with van der Waals surface area (Å²) in [4.78, 5) is 2.59. The standard InChI is InChI=1S/C17H26Cl2N2/c1-2-17(14-7-8-15(18)16(19)13-14)20-9-6-12-21-10-4-3-5-11-21/h7-8,13,17,20H,2-6,9-12H2,1H3. The molecule has 1 aliphatic rings. The van der Waals surface area contributed by atoms with E-state index < -0.39 is 0 Å². The first-order valence-electron chi connectivity index (χ1n) is 8.11. The van der Waals surface area contributed by atoms with Gasteiger partial charge in [0.05, 0.1) is 10.0 Å². The molecule has 1 aliphatic heterocycles. The predicted molar refractivity (Wildman–Crippen MR) is 92.4 cm³/mol. The number of benzene rings is 1. The van der Waals surface area contributed by atoms with Crippen LogP contribution in [0.2, 0.25) is 10.0 Å². The van der Waals surface area contributed by atoms with Gasteiger partial charge in [0.25, 0.3) is 0 Å². The molecule has 1 aromatic carbocycles. The van der Waals surface area contributed by atoms with E-state index in [2.05, 4.69) is 23.2 Å². The third kappa shape index (κ3) is 5.45. The minimum Gasteiger partial charge on any atom is -0.310 e. The van der Waals surface area contributed by atoms with Gasteiger partial charge in [0.1, 0.15) is 0 Å². The summed E-state index contributed by atoms with van der Waals surface area (Å²) in [6.45, 7) is 7.03. The molecule has 0 aromatic heterocycles. The second kappa shape index (κ2) is 8.99. The van der Waals surface area contributed by atoms with Gasteiger partial charge < -0.3 is 10.2 Å². The summed E-state index contributed by atoms with van der Waals surface area (Å²) in [6, 6.07) is 6.30. The molecule has 1 fully saturated rings. The second-order valence-electron chi connectivity index (χ2n) is 5.84. The first kappa shape index (κ1) is 17.1. The fourth-order valence-electron chi connectivity index (χ4n) is 2.99. The van der Waals surface area contributed by atoms with Crippen molar-refractivity contribution < 1.29 is 0 Å².